The van der Waals surface area contributed by atoms with Crippen LogP contribution in [0.3, 0.4) is 0 Å². The van der Waals surface area contributed by atoms with Gasteiger partial charge in [-0.2, -0.15) is 5.10 Å². The molecule has 0 fully saturated rings. The first-order chi connectivity index (χ1) is 15.9. The molecular formula is C24H18ClFN4O2S. The summed E-state index contributed by atoms with van der Waals surface area (Å²) in [6.45, 7) is 1.96. The number of nitrogens with zero attached hydrogens (tertiary/aromatic N) is 3. The summed E-state index contributed by atoms with van der Waals surface area (Å²) in [7, 11) is 0. The molecule has 0 unspecified atom stereocenters. The number of carbonyl (C=O) groups excluding carboxylic acids is 1. The van der Waals surface area contributed by atoms with Crippen LogP contribution in [-0.4, -0.2) is 27.4 Å². The fraction of sp³-hybridized carbons (Fsp3) is 0.0833. The summed E-state index contributed by atoms with van der Waals surface area (Å²) >= 11 is 7.05. The summed E-state index contributed by atoms with van der Waals surface area (Å²) in [6, 6.07) is 18.8. The van der Waals surface area contributed by atoms with Crippen molar-refractivity contribution in [2.75, 3.05) is 5.75 Å². The topological polar surface area (TPSA) is 76.3 Å². The van der Waals surface area contributed by atoms with E-state index in [4.69, 9.17) is 11.6 Å². The zero-order valence-corrected chi connectivity index (χ0v) is 19.0. The van der Waals surface area contributed by atoms with Crippen LogP contribution in [0.1, 0.15) is 11.1 Å². The van der Waals surface area contributed by atoms with Crippen LogP contribution < -0.4 is 11.0 Å². The van der Waals surface area contributed by atoms with Crippen molar-refractivity contribution >= 4 is 46.4 Å². The smallest absolute Gasteiger partial charge is 0.266 e. The van der Waals surface area contributed by atoms with Gasteiger partial charge in [-0.05, 0) is 43.3 Å². The molecule has 33 heavy (non-hydrogen) atoms. The van der Waals surface area contributed by atoms with Gasteiger partial charge in [0.2, 0.25) is 0 Å². The van der Waals surface area contributed by atoms with Gasteiger partial charge in [-0.1, -0.05) is 59.3 Å². The number of hydrogen-bond donors (Lipinski definition) is 1. The van der Waals surface area contributed by atoms with Crippen molar-refractivity contribution < 1.29 is 9.18 Å². The number of halogens is 2. The first kappa shape index (κ1) is 22.7. The summed E-state index contributed by atoms with van der Waals surface area (Å²) in [5.41, 5.74) is 4.45. The first-order valence-electron chi connectivity index (χ1n) is 9.91. The number of benzene rings is 3. The fourth-order valence-corrected chi connectivity index (χ4v) is 4.11. The highest BCUT2D eigenvalue weighted by Gasteiger charge is 2.14. The van der Waals surface area contributed by atoms with Crippen molar-refractivity contribution in [3.63, 3.8) is 0 Å². The van der Waals surface area contributed by atoms with E-state index in [1.807, 2.05) is 31.2 Å². The van der Waals surface area contributed by atoms with Crippen molar-refractivity contribution in [3.8, 4) is 5.69 Å². The second kappa shape index (κ2) is 9.97. The van der Waals surface area contributed by atoms with E-state index in [-0.39, 0.29) is 21.9 Å². The monoisotopic (exact) mass is 480 g/mol. The highest BCUT2D eigenvalue weighted by atomic mass is 35.5. The summed E-state index contributed by atoms with van der Waals surface area (Å²) in [4.78, 5) is 30.1. The number of carbonyl (C=O) groups is 1. The van der Waals surface area contributed by atoms with E-state index in [0.29, 0.717) is 21.7 Å². The van der Waals surface area contributed by atoms with Crippen LogP contribution in [0.15, 0.2) is 81.8 Å². The van der Waals surface area contributed by atoms with E-state index in [9.17, 15) is 14.0 Å². The van der Waals surface area contributed by atoms with Crippen LogP contribution in [-0.2, 0) is 4.79 Å². The van der Waals surface area contributed by atoms with Crippen LogP contribution in [0.4, 0.5) is 4.39 Å². The third-order valence-corrected chi connectivity index (χ3v) is 6.02. The molecule has 0 atom stereocenters. The van der Waals surface area contributed by atoms with E-state index in [1.165, 1.54) is 22.8 Å². The zero-order chi connectivity index (χ0) is 23.4. The SMILES string of the molecule is Cc1ccc(-n2c(SCC(=O)N/N=C/c3c(F)cccc3Cl)nc3ccccc3c2=O)cc1. The Hall–Kier alpha value is -3.49. The second-order valence-electron chi connectivity index (χ2n) is 7.10. The first-order valence-corrected chi connectivity index (χ1v) is 11.3. The van der Waals surface area contributed by atoms with Crippen LogP contribution in [0, 0.1) is 12.7 Å². The van der Waals surface area contributed by atoms with Crippen molar-refractivity contribution in [1.82, 2.24) is 15.0 Å². The van der Waals surface area contributed by atoms with Crippen molar-refractivity contribution in [2.24, 2.45) is 5.10 Å². The Morgan fingerprint density at radius 3 is 2.67 bits per heavy atom. The highest BCUT2D eigenvalue weighted by molar-refractivity contribution is 7.99. The van der Waals surface area contributed by atoms with E-state index >= 15 is 0 Å². The van der Waals surface area contributed by atoms with Crippen molar-refractivity contribution in [3.05, 3.63) is 99.1 Å². The lowest BCUT2D eigenvalue weighted by molar-refractivity contribution is -0.118. The largest absolute Gasteiger partial charge is 0.272 e. The maximum atomic E-state index is 13.8. The molecule has 1 amide bonds. The van der Waals surface area contributed by atoms with E-state index in [2.05, 4.69) is 15.5 Å². The maximum Gasteiger partial charge on any atom is 0.266 e. The molecule has 4 aromatic rings. The minimum absolute atomic E-state index is 0.0566. The van der Waals surface area contributed by atoms with E-state index in [0.717, 1.165) is 23.5 Å². The lowest BCUT2D eigenvalue weighted by Crippen LogP contribution is -2.24. The molecule has 0 bridgehead atoms. The van der Waals surface area contributed by atoms with E-state index in [1.54, 1.807) is 24.3 Å². The summed E-state index contributed by atoms with van der Waals surface area (Å²) < 4.78 is 15.3. The third-order valence-electron chi connectivity index (χ3n) is 4.75. The minimum Gasteiger partial charge on any atom is -0.272 e. The molecule has 0 saturated heterocycles. The van der Waals surface area contributed by atoms with Gasteiger partial charge < -0.3 is 0 Å². The average Bonchev–Trinajstić information content (AvgIpc) is 2.80. The molecule has 1 aromatic heterocycles. The predicted octanol–water partition coefficient (Wildman–Crippen LogP) is 4.73. The van der Waals surface area contributed by atoms with Gasteiger partial charge in [-0.3, -0.25) is 14.2 Å². The molecule has 0 aliphatic rings. The molecule has 1 heterocycles. The Kier molecular flexibility index (Phi) is 6.86. The van der Waals surface area contributed by atoms with Crippen molar-refractivity contribution in [1.29, 1.82) is 0 Å². The Labute approximate surface area is 198 Å². The standard InChI is InChI=1S/C24H18ClFN4O2S/c1-15-9-11-16(12-10-15)30-23(32)17-5-2-3-8-21(17)28-24(30)33-14-22(31)29-27-13-18-19(25)6-4-7-20(18)26/h2-13H,14H2,1H3,(H,29,31)/b27-13+. The number of aryl methyl sites for hydroxylation is 1. The van der Waals surface area contributed by atoms with Crippen LogP contribution in [0.5, 0.6) is 0 Å². The summed E-state index contributed by atoms with van der Waals surface area (Å²) in [5, 5.41) is 4.83. The molecule has 0 spiro atoms. The number of hydrazone groups is 1. The van der Waals surface area contributed by atoms with Crippen LogP contribution >= 0.6 is 23.4 Å². The number of thioether (sulfide) groups is 1. The van der Waals surface area contributed by atoms with Gasteiger partial charge in [0.1, 0.15) is 5.82 Å². The van der Waals surface area contributed by atoms with Gasteiger partial charge in [0.25, 0.3) is 11.5 Å². The molecule has 166 valence electrons. The highest BCUT2D eigenvalue weighted by Crippen LogP contribution is 2.21. The van der Waals surface area contributed by atoms with Crippen molar-refractivity contribution in [2.45, 2.75) is 12.1 Å². The average molecular weight is 481 g/mol. The fourth-order valence-electron chi connectivity index (χ4n) is 3.10. The van der Waals surface area contributed by atoms with Crippen LogP contribution in [0.25, 0.3) is 16.6 Å². The molecule has 6 nitrogen and oxygen atoms in total. The maximum absolute atomic E-state index is 13.8. The predicted molar refractivity (Wildman–Crippen MR) is 130 cm³/mol. The Balaban J connectivity index is 1.57. The molecule has 9 heteroatoms. The van der Waals surface area contributed by atoms with Crippen LogP contribution in [0.2, 0.25) is 5.02 Å². The quantitative estimate of drug-likeness (QED) is 0.187. The molecule has 4 rings (SSSR count). The number of rotatable bonds is 6. The van der Waals surface area contributed by atoms with Gasteiger partial charge in [0, 0.05) is 5.56 Å². The molecule has 0 aliphatic carbocycles. The molecule has 0 aliphatic heterocycles. The molecular weight excluding hydrogens is 463 g/mol. The van der Waals surface area contributed by atoms with Gasteiger partial charge in [-0.15, -0.1) is 0 Å². The summed E-state index contributed by atoms with van der Waals surface area (Å²) in [6.07, 6.45) is 1.15. The molecule has 0 radical (unpaired) electrons. The number of hydrogen-bond acceptors (Lipinski definition) is 5. The Morgan fingerprint density at radius 2 is 1.91 bits per heavy atom. The number of nitrogens with one attached hydrogen (secondary N) is 1. The Bertz CT molecular complexity index is 1400. The molecule has 1 N–H and O–H groups in total. The number of para-hydroxylation sites is 1. The number of fused-ring (bicyclic) bond motifs is 1. The normalized spacial score (nSPS) is 11.2. The van der Waals surface area contributed by atoms with E-state index < -0.39 is 11.7 Å². The Morgan fingerprint density at radius 1 is 1.15 bits per heavy atom. The van der Waals surface area contributed by atoms with Gasteiger partial charge in [0.05, 0.1) is 33.6 Å². The lowest BCUT2D eigenvalue weighted by atomic mass is 10.2. The van der Waals surface area contributed by atoms with Gasteiger partial charge in [0.15, 0.2) is 5.16 Å². The second-order valence-corrected chi connectivity index (χ2v) is 8.45. The zero-order valence-electron chi connectivity index (χ0n) is 17.5. The molecule has 3 aromatic carbocycles. The minimum atomic E-state index is -0.544. The van der Waals surface area contributed by atoms with Gasteiger partial charge in [-0.25, -0.2) is 14.8 Å². The lowest BCUT2D eigenvalue weighted by Gasteiger charge is -2.13. The third kappa shape index (κ3) is 5.13. The number of amides is 1. The summed E-state index contributed by atoms with van der Waals surface area (Å²) in [5.74, 6) is -1.04. The number of aromatic nitrogens is 2. The molecule has 0 saturated carbocycles. The van der Waals surface area contributed by atoms with Gasteiger partial charge >= 0.3 is 0 Å².